The largest absolute Gasteiger partial charge is 0.465 e. The Labute approximate surface area is 297 Å². The van der Waals surface area contributed by atoms with Gasteiger partial charge in [0.15, 0.2) is 0 Å². The van der Waals surface area contributed by atoms with Crippen LogP contribution in [0.15, 0.2) is 83.4 Å². The van der Waals surface area contributed by atoms with Gasteiger partial charge >= 0.3 is 5.97 Å². The number of methoxy groups -OCH3 is 1. The summed E-state index contributed by atoms with van der Waals surface area (Å²) in [4.78, 5) is 54.5. The summed E-state index contributed by atoms with van der Waals surface area (Å²) < 4.78 is 5.07. The summed E-state index contributed by atoms with van der Waals surface area (Å²) in [5.74, 6) is -1.75. The molecule has 0 saturated heterocycles. The lowest BCUT2D eigenvalue weighted by atomic mass is 10.1. The highest BCUT2D eigenvalue weighted by molar-refractivity contribution is 8.00. The molecule has 1 heterocycles. The molecule has 3 amide bonds. The van der Waals surface area contributed by atoms with E-state index in [4.69, 9.17) is 27.9 Å². The standard InChI is InChI=1S/C36H33Cl2N3O5S2/c1-21(32(42)41-35-31(36(45)46-2)27-14-7-4-8-15-30(27)48-35)47-26-13-9-12-25(20-26)39-34(44)29(18-23-16-17-24(37)19-28(23)38)40-33(43)22-10-5-3-6-11-22/h3,5-6,9-13,16-21H,4,7-8,14-15H2,1-2H3,(H,39,44)(H,40,43)(H,41,42)/b29-18+. The number of rotatable bonds is 10. The molecule has 1 aromatic heterocycles. The summed E-state index contributed by atoms with van der Waals surface area (Å²) in [7, 11) is 1.35. The molecule has 0 bridgehead atoms. The van der Waals surface area contributed by atoms with Crippen molar-refractivity contribution in [2.24, 2.45) is 0 Å². The van der Waals surface area contributed by atoms with Gasteiger partial charge in [-0.1, -0.05) is 60.0 Å². The van der Waals surface area contributed by atoms with Crippen molar-refractivity contribution >= 4 is 86.8 Å². The summed E-state index contributed by atoms with van der Waals surface area (Å²) in [6.07, 6.45) is 6.29. The lowest BCUT2D eigenvalue weighted by molar-refractivity contribution is -0.115. The van der Waals surface area contributed by atoms with Gasteiger partial charge in [-0.15, -0.1) is 23.1 Å². The first kappa shape index (κ1) is 35.2. The summed E-state index contributed by atoms with van der Waals surface area (Å²) >= 11 is 15.2. The molecule has 3 N–H and O–H groups in total. The van der Waals surface area contributed by atoms with Crippen LogP contribution >= 0.6 is 46.3 Å². The van der Waals surface area contributed by atoms with Crippen LogP contribution in [0, 0.1) is 0 Å². The first-order valence-electron chi connectivity index (χ1n) is 15.3. The number of carbonyl (C=O) groups is 4. The van der Waals surface area contributed by atoms with Crippen molar-refractivity contribution in [3.05, 3.63) is 116 Å². The molecule has 0 saturated carbocycles. The number of thiophene rings is 1. The number of halogens is 2. The Morgan fingerprint density at radius 3 is 2.44 bits per heavy atom. The predicted octanol–water partition coefficient (Wildman–Crippen LogP) is 8.64. The zero-order valence-electron chi connectivity index (χ0n) is 26.2. The zero-order chi connectivity index (χ0) is 34.2. The molecule has 0 fully saturated rings. The molecule has 0 aliphatic heterocycles. The SMILES string of the molecule is COC(=O)c1c(NC(=O)C(C)Sc2cccc(NC(=O)/C(=C\c3ccc(Cl)cc3Cl)NC(=O)c3ccccc3)c2)sc2c1CCCCC2. The lowest BCUT2D eigenvalue weighted by Crippen LogP contribution is -2.30. The molecule has 12 heteroatoms. The molecular formula is C36H33Cl2N3O5S2. The van der Waals surface area contributed by atoms with Crippen LogP contribution in [0.4, 0.5) is 10.7 Å². The molecule has 5 rings (SSSR count). The first-order chi connectivity index (χ1) is 23.1. The van der Waals surface area contributed by atoms with Crippen molar-refractivity contribution in [3.8, 4) is 0 Å². The Morgan fingerprint density at radius 2 is 1.69 bits per heavy atom. The van der Waals surface area contributed by atoms with E-state index in [0.717, 1.165) is 47.4 Å². The Hall–Kier alpha value is -4.09. The van der Waals surface area contributed by atoms with Gasteiger partial charge in [-0.05, 0) is 92.3 Å². The quantitative estimate of drug-likeness (QED) is 0.0654. The third-order valence-corrected chi connectivity index (χ3v) is 10.5. The van der Waals surface area contributed by atoms with Gasteiger partial charge in [-0.2, -0.15) is 0 Å². The average molecular weight is 723 g/mol. The normalized spacial score (nSPS) is 13.5. The number of hydrogen-bond acceptors (Lipinski definition) is 7. The number of amides is 3. The zero-order valence-corrected chi connectivity index (χ0v) is 29.4. The molecule has 0 spiro atoms. The van der Waals surface area contributed by atoms with E-state index in [1.165, 1.54) is 36.3 Å². The number of ether oxygens (including phenoxy) is 1. The van der Waals surface area contributed by atoms with Crippen LogP contribution in [0.5, 0.6) is 0 Å². The second-order valence-electron chi connectivity index (χ2n) is 11.0. The highest BCUT2D eigenvalue weighted by atomic mass is 35.5. The van der Waals surface area contributed by atoms with Gasteiger partial charge in [-0.3, -0.25) is 14.4 Å². The maximum Gasteiger partial charge on any atom is 0.341 e. The van der Waals surface area contributed by atoms with E-state index in [1.807, 2.05) is 6.07 Å². The third-order valence-electron chi connectivity index (χ3n) is 7.61. The van der Waals surface area contributed by atoms with E-state index >= 15 is 0 Å². The second kappa shape index (κ2) is 16.3. The molecule has 1 aliphatic rings. The molecule has 8 nitrogen and oxygen atoms in total. The van der Waals surface area contributed by atoms with Crippen LogP contribution in [0.1, 0.15) is 62.9 Å². The maximum atomic E-state index is 13.6. The van der Waals surface area contributed by atoms with Crippen LogP contribution in [0.25, 0.3) is 6.08 Å². The van der Waals surface area contributed by atoms with Gasteiger partial charge in [0.25, 0.3) is 11.8 Å². The minimum Gasteiger partial charge on any atom is -0.465 e. The second-order valence-corrected chi connectivity index (χ2v) is 14.4. The number of anilines is 2. The summed E-state index contributed by atoms with van der Waals surface area (Å²) in [5.41, 5.74) is 2.72. The van der Waals surface area contributed by atoms with Gasteiger partial charge in [0.1, 0.15) is 10.7 Å². The number of aryl methyl sites for hydroxylation is 1. The van der Waals surface area contributed by atoms with E-state index in [-0.39, 0.29) is 11.6 Å². The molecule has 1 aliphatic carbocycles. The third kappa shape index (κ3) is 8.87. The maximum absolute atomic E-state index is 13.6. The number of hydrogen-bond donors (Lipinski definition) is 3. The van der Waals surface area contributed by atoms with Crippen LogP contribution in [0.2, 0.25) is 10.0 Å². The van der Waals surface area contributed by atoms with E-state index in [0.29, 0.717) is 37.4 Å². The number of fused-ring (bicyclic) bond motifs is 1. The fourth-order valence-corrected chi connectivity index (χ4v) is 7.85. The Bertz CT molecular complexity index is 1880. The topological polar surface area (TPSA) is 114 Å². The van der Waals surface area contributed by atoms with Gasteiger partial charge in [0.2, 0.25) is 5.91 Å². The number of nitrogens with one attached hydrogen (secondary N) is 3. The van der Waals surface area contributed by atoms with Crippen molar-refractivity contribution in [2.45, 2.75) is 49.2 Å². The molecule has 1 atom stereocenters. The summed E-state index contributed by atoms with van der Waals surface area (Å²) in [6, 6.07) is 20.4. The van der Waals surface area contributed by atoms with Gasteiger partial charge in [-0.25, -0.2) is 4.79 Å². The Kier molecular flexibility index (Phi) is 12.0. The van der Waals surface area contributed by atoms with Crippen molar-refractivity contribution in [1.82, 2.24) is 5.32 Å². The van der Waals surface area contributed by atoms with E-state index in [1.54, 1.807) is 73.7 Å². The Morgan fingerprint density at radius 1 is 0.917 bits per heavy atom. The fourth-order valence-electron chi connectivity index (χ4n) is 5.18. The minimum absolute atomic E-state index is 0.0327. The van der Waals surface area contributed by atoms with Crippen molar-refractivity contribution in [2.75, 3.05) is 17.7 Å². The Balaban J connectivity index is 1.31. The summed E-state index contributed by atoms with van der Waals surface area (Å²) in [5, 5.41) is 9.23. The average Bonchev–Trinajstić information content (AvgIpc) is 3.24. The molecule has 3 aromatic carbocycles. The predicted molar refractivity (Wildman–Crippen MR) is 194 cm³/mol. The molecule has 248 valence electrons. The van der Waals surface area contributed by atoms with E-state index in [2.05, 4.69) is 16.0 Å². The number of thioether (sulfide) groups is 1. The van der Waals surface area contributed by atoms with Crippen LogP contribution < -0.4 is 16.0 Å². The monoisotopic (exact) mass is 721 g/mol. The van der Waals surface area contributed by atoms with Crippen LogP contribution in [0.3, 0.4) is 0 Å². The lowest BCUT2D eigenvalue weighted by Gasteiger charge is -2.14. The molecule has 4 aromatic rings. The minimum atomic E-state index is -0.578. The molecule has 1 unspecified atom stereocenters. The number of esters is 1. The van der Waals surface area contributed by atoms with Crippen molar-refractivity contribution in [1.29, 1.82) is 0 Å². The molecule has 0 radical (unpaired) electrons. The smallest absolute Gasteiger partial charge is 0.341 e. The number of carbonyl (C=O) groups excluding carboxylic acids is 4. The fraction of sp³-hybridized carbons (Fsp3) is 0.222. The van der Waals surface area contributed by atoms with E-state index < -0.39 is 23.0 Å². The summed E-state index contributed by atoms with van der Waals surface area (Å²) in [6.45, 7) is 1.78. The van der Waals surface area contributed by atoms with Crippen molar-refractivity contribution < 1.29 is 23.9 Å². The van der Waals surface area contributed by atoms with Crippen LogP contribution in [-0.2, 0) is 27.2 Å². The van der Waals surface area contributed by atoms with Gasteiger partial charge in [0, 0.05) is 31.1 Å². The molecule has 48 heavy (non-hydrogen) atoms. The van der Waals surface area contributed by atoms with Gasteiger partial charge in [0.05, 0.1) is 17.9 Å². The first-order valence-corrected chi connectivity index (χ1v) is 17.7. The molecular weight excluding hydrogens is 689 g/mol. The van der Waals surface area contributed by atoms with Gasteiger partial charge < -0.3 is 20.7 Å². The van der Waals surface area contributed by atoms with Crippen molar-refractivity contribution in [3.63, 3.8) is 0 Å². The highest BCUT2D eigenvalue weighted by Crippen LogP contribution is 2.38. The van der Waals surface area contributed by atoms with Crippen LogP contribution in [-0.4, -0.2) is 36.1 Å². The van der Waals surface area contributed by atoms with E-state index in [9.17, 15) is 19.2 Å². The highest BCUT2D eigenvalue weighted by Gasteiger charge is 2.27. The number of benzene rings is 3.